The van der Waals surface area contributed by atoms with Crippen LogP contribution in [0.3, 0.4) is 0 Å². The van der Waals surface area contributed by atoms with E-state index in [-0.39, 0.29) is 6.54 Å². The van der Waals surface area contributed by atoms with Crippen molar-refractivity contribution in [2.45, 2.75) is 31.7 Å². The second-order valence-electron chi connectivity index (χ2n) is 4.83. The van der Waals surface area contributed by atoms with Gasteiger partial charge in [0.2, 0.25) is 0 Å². The Bertz CT molecular complexity index is 417. The van der Waals surface area contributed by atoms with E-state index in [1.54, 1.807) is 0 Å². The lowest BCUT2D eigenvalue weighted by Crippen LogP contribution is -2.53. The molecule has 1 unspecified atom stereocenters. The summed E-state index contributed by atoms with van der Waals surface area (Å²) in [6.07, 6.45) is 2.50. The molecule has 7 nitrogen and oxygen atoms in total. The number of hydrogen-bond acceptors (Lipinski definition) is 4. The monoisotopic (exact) mass is 292 g/mol. The lowest BCUT2D eigenvalue weighted by Gasteiger charge is -2.35. The molecular formula is C11H20N2O5S. The third-order valence-corrected chi connectivity index (χ3v) is 5.59. The van der Waals surface area contributed by atoms with Gasteiger partial charge in [0.15, 0.2) is 0 Å². The standard InChI is InChI=1S/C11H20N2O5S/c14-11(15)10-4-1-2-6-13(10)19(16,17)12-5-3-8-18-9-7-12/h10H,1-9H2,(H,14,15). The maximum Gasteiger partial charge on any atom is 0.322 e. The zero-order valence-electron chi connectivity index (χ0n) is 10.8. The first-order chi connectivity index (χ1) is 9.03. The van der Waals surface area contributed by atoms with Crippen molar-refractivity contribution in [2.24, 2.45) is 0 Å². The molecule has 1 atom stereocenters. The summed E-state index contributed by atoms with van der Waals surface area (Å²) in [4.78, 5) is 11.2. The highest BCUT2D eigenvalue weighted by molar-refractivity contribution is 7.86. The zero-order chi connectivity index (χ0) is 13.9. The molecule has 2 aliphatic heterocycles. The third kappa shape index (κ3) is 3.25. The van der Waals surface area contributed by atoms with Gasteiger partial charge in [0.1, 0.15) is 6.04 Å². The quantitative estimate of drug-likeness (QED) is 0.784. The van der Waals surface area contributed by atoms with Crippen molar-refractivity contribution >= 4 is 16.2 Å². The lowest BCUT2D eigenvalue weighted by atomic mass is 10.1. The Hall–Kier alpha value is -0.700. The van der Waals surface area contributed by atoms with Gasteiger partial charge in [-0.05, 0) is 25.7 Å². The molecular weight excluding hydrogens is 272 g/mol. The molecule has 1 N–H and O–H groups in total. The average molecular weight is 292 g/mol. The average Bonchev–Trinajstić information content (AvgIpc) is 2.68. The fourth-order valence-electron chi connectivity index (χ4n) is 2.53. The van der Waals surface area contributed by atoms with Gasteiger partial charge in [-0.1, -0.05) is 0 Å². The van der Waals surface area contributed by atoms with Crippen LogP contribution in [0.5, 0.6) is 0 Å². The molecule has 0 spiro atoms. The van der Waals surface area contributed by atoms with Crippen molar-refractivity contribution in [3.05, 3.63) is 0 Å². The molecule has 0 amide bonds. The SMILES string of the molecule is O=C(O)C1CCCCN1S(=O)(=O)N1CCCOCC1. The van der Waals surface area contributed by atoms with Crippen LogP contribution >= 0.6 is 0 Å². The van der Waals surface area contributed by atoms with Crippen molar-refractivity contribution in [2.75, 3.05) is 32.8 Å². The van der Waals surface area contributed by atoms with Gasteiger partial charge in [-0.3, -0.25) is 4.79 Å². The molecule has 19 heavy (non-hydrogen) atoms. The number of ether oxygens (including phenoxy) is 1. The van der Waals surface area contributed by atoms with Crippen molar-refractivity contribution < 1.29 is 23.1 Å². The Morgan fingerprint density at radius 1 is 1.11 bits per heavy atom. The molecule has 0 aromatic rings. The lowest BCUT2D eigenvalue weighted by molar-refractivity contribution is -0.142. The molecule has 0 radical (unpaired) electrons. The largest absolute Gasteiger partial charge is 0.480 e. The van der Waals surface area contributed by atoms with Crippen molar-refractivity contribution in [3.8, 4) is 0 Å². The van der Waals surface area contributed by atoms with Gasteiger partial charge in [0, 0.05) is 26.2 Å². The number of nitrogens with zero attached hydrogens (tertiary/aromatic N) is 2. The Morgan fingerprint density at radius 3 is 2.63 bits per heavy atom. The summed E-state index contributed by atoms with van der Waals surface area (Å²) < 4.78 is 32.8. The highest BCUT2D eigenvalue weighted by Gasteiger charge is 2.39. The third-order valence-electron chi connectivity index (χ3n) is 3.54. The zero-order valence-corrected chi connectivity index (χ0v) is 11.6. The molecule has 0 aliphatic carbocycles. The van der Waals surface area contributed by atoms with Crippen molar-refractivity contribution in [1.29, 1.82) is 0 Å². The summed E-state index contributed by atoms with van der Waals surface area (Å²) in [7, 11) is -3.70. The number of piperidine rings is 1. The van der Waals surface area contributed by atoms with Crippen molar-refractivity contribution in [1.82, 2.24) is 8.61 Å². The van der Waals surface area contributed by atoms with Gasteiger partial charge < -0.3 is 9.84 Å². The molecule has 0 aromatic carbocycles. The Labute approximate surface area is 113 Å². The van der Waals surface area contributed by atoms with E-state index < -0.39 is 22.2 Å². The summed E-state index contributed by atoms with van der Waals surface area (Å²) in [5.41, 5.74) is 0. The second-order valence-corrected chi connectivity index (χ2v) is 6.71. The molecule has 0 saturated carbocycles. The number of carboxylic acids is 1. The van der Waals surface area contributed by atoms with Gasteiger partial charge in [0.25, 0.3) is 10.2 Å². The molecule has 2 saturated heterocycles. The van der Waals surface area contributed by atoms with Gasteiger partial charge in [-0.2, -0.15) is 17.0 Å². The van der Waals surface area contributed by atoms with E-state index in [9.17, 15) is 18.3 Å². The minimum atomic E-state index is -3.70. The molecule has 8 heteroatoms. The summed E-state index contributed by atoms with van der Waals surface area (Å²) in [5, 5.41) is 9.18. The highest BCUT2D eigenvalue weighted by atomic mass is 32.2. The van der Waals surface area contributed by atoms with Gasteiger partial charge in [-0.25, -0.2) is 0 Å². The first-order valence-corrected chi connectivity index (χ1v) is 8.00. The normalized spacial score (nSPS) is 27.9. The van der Waals surface area contributed by atoms with Crippen LogP contribution in [-0.2, 0) is 19.7 Å². The molecule has 2 fully saturated rings. The van der Waals surface area contributed by atoms with E-state index in [4.69, 9.17) is 4.74 Å². The molecule has 2 rings (SSSR count). The van der Waals surface area contributed by atoms with E-state index in [2.05, 4.69) is 0 Å². The van der Waals surface area contributed by atoms with E-state index in [1.165, 1.54) is 4.31 Å². The Kier molecular flexibility index (Phi) is 4.77. The number of hydrogen-bond donors (Lipinski definition) is 1. The van der Waals surface area contributed by atoms with Crippen LogP contribution < -0.4 is 0 Å². The smallest absolute Gasteiger partial charge is 0.322 e. The summed E-state index contributed by atoms with van der Waals surface area (Å²) in [6.45, 7) is 1.90. The molecule has 2 aliphatic rings. The summed E-state index contributed by atoms with van der Waals surface area (Å²) >= 11 is 0. The van der Waals surface area contributed by atoms with Crippen LogP contribution in [-0.4, -0.2) is 67.0 Å². The predicted octanol–water partition coefficient (Wildman–Crippen LogP) is -0.107. The molecule has 0 aromatic heterocycles. The minimum absolute atomic E-state index is 0.288. The van der Waals surface area contributed by atoms with E-state index in [0.29, 0.717) is 45.6 Å². The topological polar surface area (TPSA) is 87.2 Å². The van der Waals surface area contributed by atoms with Crippen LogP contribution in [0.1, 0.15) is 25.7 Å². The van der Waals surface area contributed by atoms with E-state index >= 15 is 0 Å². The highest BCUT2D eigenvalue weighted by Crippen LogP contribution is 2.23. The van der Waals surface area contributed by atoms with Gasteiger partial charge >= 0.3 is 5.97 Å². The van der Waals surface area contributed by atoms with Crippen LogP contribution in [0.25, 0.3) is 0 Å². The van der Waals surface area contributed by atoms with Gasteiger partial charge in [0.05, 0.1) is 6.61 Å². The van der Waals surface area contributed by atoms with E-state index in [0.717, 1.165) is 10.7 Å². The Balaban J connectivity index is 2.18. The fourth-order valence-corrected chi connectivity index (χ4v) is 4.37. The fraction of sp³-hybridized carbons (Fsp3) is 0.909. The van der Waals surface area contributed by atoms with Crippen LogP contribution in [0, 0.1) is 0 Å². The number of carbonyl (C=O) groups is 1. The number of rotatable bonds is 3. The maximum atomic E-state index is 12.5. The minimum Gasteiger partial charge on any atom is -0.480 e. The van der Waals surface area contributed by atoms with Crippen LogP contribution in [0.2, 0.25) is 0 Å². The summed E-state index contributed by atoms with van der Waals surface area (Å²) in [6, 6.07) is -0.928. The molecule has 2 heterocycles. The first kappa shape index (κ1) is 14.7. The predicted molar refractivity (Wildman–Crippen MR) is 67.9 cm³/mol. The van der Waals surface area contributed by atoms with Crippen LogP contribution in [0.15, 0.2) is 0 Å². The van der Waals surface area contributed by atoms with Gasteiger partial charge in [-0.15, -0.1) is 0 Å². The van der Waals surface area contributed by atoms with Crippen LogP contribution in [0.4, 0.5) is 0 Å². The molecule has 0 bridgehead atoms. The summed E-state index contributed by atoms with van der Waals surface area (Å²) in [5.74, 6) is -1.06. The number of aliphatic carboxylic acids is 1. The van der Waals surface area contributed by atoms with Crippen molar-refractivity contribution in [3.63, 3.8) is 0 Å². The molecule has 110 valence electrons. The van der Waals surface area contributed by atoms with E-state index in [1.807, 2.05) is 0 Å². The number of carboxylic acid groups (broad SMARTS) is 1. The second kappa shape index (κ2) is 6.17. The first-order valence-electron chi connectivity index (χ1n) is 6.61. The Morgan fingerprint density at radius 2 is 1.89 bits per heavy atom. The maximum absolute atomic E-state index is 12.5.